The van der Waals surface area contributed by atoms with Gasteiger partial charge < -0.3 is 0 Å². The number of benzene rings is 1. The molecule has 0 aliphatic rings. The van der Waals surface area contributed by atoms with Crippen molar-refractivity contribution in [1.29, 1.82) is 0 Å². The third-order valence-corrected chi connectivity index (χ3v) is 2.62. The number of aromatic nitrogens is 2. The molecule has 1 heterocycles. The molecular weight excluding hydrogens is 222 g/mol. The van der Waals surface area contributed by atoms with Crippen molar-refractivity contribution in [2.45, 2.75) is 26.3 Å². The lowest BCUT2D eigenvalue weighted by Crippen LogP contribution is -2.01. The van der Waals surface area contributed by atoms with Crippen LogP contribution in [0, 0.1) is 6.92 Å². The first-order valence-corrected chi connectivity index (χ1v) is 5.51. The van der Waals surface area contributed by atoms with Crippen molar-refractivity contribution >= 4 is 0 Å². The molecule has 2 rings (SSSR count). The second kappa shape index (κ2) is 5.08. The first-order valence-electron chi connectivity index (χ1n) is 5.51. The SMILES string of the molecule is Cc1cccc(CCn2cc(C(F)F)cn2)c1. The highest BCUT2D eigenvalue weighted by Gasteiger charge is 2.09. The third kappa shape index (κ3) is 3.12. The lowest BCUT2D eigenvalue weighted by atomic mass is 10.1. The van der Waals surface area contributed by atoms with Gasteiger partial charge in [-0.15, -0.1) is 0 Å². The average molecular weight is 236 g/mol. The zero-order valence-corrected chi connectivity index (χ0v) is 9.61. The Kier molecular flexibility index (Phi) is 3.52. The Morgan fingerprint density at radius 3 is 2.82 bits per heavy atom. The minimum absolute atomic E-state index is 0.0192. The summed E-state index contributed by atoms with van der Waals surface area (Å²) in [7, 11) is 0. The van der Waals surface area contributed by atoms with Crippen LogP contribution in [-0.4, -0.2) is 9.78 Å². The molecule has 0 spiro atoms. The van der Waals surface area contributed by atoms with Crippen LogP contribution in [0.25, 0.3) is 0 Å². The Morgan fingerprint density at radius 1 is 1.35 bits per heavy atom. The molecule has 0 aliphatic heterocycles. The molecule has 0 saturated heterocycles. The number of halogens is 2. The van der Waals surface area contributed by atoms with Gasteiger partial charge in [0, 0.05) is 12.7 Å². The van der Waals surface area contributed by atoms with Crippen LogP contribution in [0.2, 0.25) is 0 Å². The first kappa shape index (κ1) is 11.8. The Labute approximate surface area is 98.9 Å². The van der Waals surface area contributed by atoms with Crippen molar-refractivity contribution in [1.82, 2.24) is 9.78 Å². The van der Waals surface area contributed by atoms with Crippen molar-refractivity contribution in [3.8, 4) is 0 Å². The Morgan fingerprint density at radius 2 is 2.18 bits per heavy atom. The van der Waals surface area contributed by atoms with Gasteiger partial charge in [-0.1, -0.05) is 29.8 Å². The van der Waals surface area contributed by atoms with E-state index in [-0.39, 0.29) is 5.56 Å². The van der Waals surface area contributed by atoms with Crippen molar-refractivity contribution < 1.29 is 8.78 Å². The van der Waals surface area contributed by atoms with Crippen LogP contribution in [0.15, 0.2) is 36.7 Å². The Balaban J connectivity index is 1.97. The molecule has 0 radical (unpaired) electrons. The number of hydrogen-bond acceptors (Lipinski definition) is 1. The summed E-state index contributed by atoms with van der Waals surface area (Å²) in [6.07, 6.45) is 0.982. The number of nitrogens with zero attached hydrogens (tertiary/aromatic N) is 2. The normalized spacial score (nSPS) is 11.1. The highest BCUT2D eigenvalue weighted by molar-refractivity contribution is 5.22. The van der Waals surface area contributed by atoms with Crippen LogP contribution in [0.5, 0.6) is 0 Å². The molecule has 90 valence electrons. The highest BCUT2D eigenvalue weighted by atomic mass is 19.3. The van der Waals surface area contributed by atoms with E-state index in [1.165, 1.54) is 23.5 Å². The van der Waals surface area contributed by atoms with Gasteiger partial charge in [-0.2, -0.15) is 5.10 Å². The van der Waals surface area contributed by atoms with E-state index >= 15 is 0 Å². The fourth-order valence-electron chi connectivity index (χ4n) is 1.73. The van der Waals surface area contributed by atoms with Crippen LogP contribution in [-0.2, 0) is 13.0 Å². The van der Waals surface area contributed by atoms with E-state index in [1.807, 2.05) is 25.1 Å². The van der Waals surface area contributed by atoms with E-state index in [0.29, 0.717) is 6.54 Å². The molecule has 0 N–H and O–H groups in total. The Hall–Kier alpha value is -1.71. The standard InChI is InChI=1S/C13H14F2N2/c1-10-3-2-4-11(7-10)5-6-17-9-12(8-16-17)13(14)15/h2-4,7-9,13H,5-6H2,1H3. The smallest absolute Gasteiger partial charge is 0.266 e. The number of alkyl halides is 2. The van der Waals surface area contributed by atoms with Gasteiger partial charge >= 0.3 is 0 Å². The molecule has 1 aromatic carbocycles. The predicted octanol–water partition coefficient (Wildman–Crippen LogP) is 3.37. The molecule has 17 heavy (non-hydrogen) atoms. The van der Waals surface area contributed by atoms with Gasteiger partial charge in [0.25, 0.3) is 6.43 Å². The van der Waals surface area contributed by atoms with E-state index < -0.39 is 6.43 Å². The summed E-state index contributed by atoms with van der Waals surface area (Å²) in [5.74, 6) is 0. The minimum atomic E-state index is -2.44. The molecule has 0 amide bonds. The topological polar surface area (TPSA) is 17.8 Å². The molecule has 0 bridgehead atoms. The van der Waals surface area contributed by atoms with Crippen LogP contribution in [0.4, 0.5) is 8.78 Å². The highest BCUT2D eigenvalue weighted by Crippen LogP contribution is 2.17. The number of aryl methyl sites for hydroxylation is 3. The molecule has 0 atom stereocenters. The Bertz CT molecular complexity index is 492. The van der Waals surface area contributed by atoms with Crippen molar-refractivity contribution in [2.24, 2.45) is 0 Å². The summed E-state index contributed by atoms with van der Waals surface area (Å²) in [6.45, 7) is 2.66. The molecular formula is C13H14F2N2. The molecule has 2 aromatic rings. The lowest BCUT2D eigenvalue weighted by molar-refractivity contribution is 0.151. The first-order chi connectivity index (χ1) is 8.15. The van der Waals surface area contributed by atoms with Crippen LogP contribution < -0.4 is 0 Å². The van der Waals surface area contributed by atoms with E-state index in [1.54, 1.807) is 4.68 Å². The monoisotopic (exact) mass is 236 g/mol. The fraction of sp³-hybridized carbons (Fsp3) is 0.308. The molecule has 0 fully saturated rings. The molecule has 0 saturated carbocycles. The summed E-state index contributed by atoms with van der Waals surface area (Å²) >= 11 is 0. The van der Waals surface area contributed by atoms with E-state index in [4.69, 9.17) is 0 Å². The largest absolute Gasteiger partial charge is 0.272 e. The fourth-order valence-corrected chi connectivity index (χ4v) is 1.73. The average Bonchev–Trinajstić information content (AvgIpc) is 2.75. The second-order valence-electron chi connectivity index (χ2n) is 4.08. The summed E-state index contributed by atoms with van der Waals surface area (Å²) in [4.78, 5) is 0. The van der Waals surface area contributed by atoms with E-state index in [9.17, 15) is 8.78 Å². The summed E-state index contributed by atoms with van der Waals surface area (Å²) in [6, 6.07) is 8.16. The maximum atomic E-state index is 12.3. The summed E-state index contributed by atoms with van der Waals surface area (Å²) in [5.41, 5.74) is 2.38. The number of rotatable bonds is 4. The van der Waals surface area contributed by atoms with Gasteiger partial charge in [0.05, 0.1) is 11.8 Å². The van der Waals surface area contributed by atoms with Gasteiger partial charge in [-0.3, -0.25) is 4.68 Å². The molecule has 2 nitrogen and oxygen atoms in total. The van der Waals surface area contributed by atoms with Crippen molar-refractivity contribution in [3.05, 3.63) is 53.3 Å². The van der Waals surface area contributed by atoms with Crippen LogP contribution >= 0.6 is 0 Å². The molecule has 4 heteroatoms. The zero-order chi connectivity index (χ0) is 12.3. The summed E-state index contributed by atoms with van der Waals surface area (Å²) < 4.78 is 26.2. The van der Waals surface area contributed by atoms with Crippen LogP contribution in [0.1, 0.15) is 23.1 Å². The van der Waals surface area contributed by atoms with Gasteiger partial charge in [0.15, 0.2) is 0 Å². The minimum Gasteiger partial charge on any atom is -0.272 e. The van der Waals surface area contributed by atoms with Gasteiger partial charge in [-0.25, -0.2) is 8.78 Å². The zero-order valence-electron chi connectivity index (χ0n) is 9.61. The van der Waals surface area contributed by atoms with Crippen LogP contribution in [0.3, 0.4) is 0 Å². The maximum absolute atomic E-state index is 12.3. The van der Waals surface area contributed by atoms with Gasteiger partial charge in [-0.05, 0) is 18.9 Å². The summed E-state index contributed by atoms with van der Waals surface area (Å²) in [5, 5.41) is 3.91. The van der Waals surface area contributed by atoms with Gasteiger partial charge in [0.2, 0.25) is 0 Å². The van der Waals surface area contributed by atoms with E-state index in [2.05, 4.69) is 11.2 Å². The number of hydrogen-bond donors (Lipinski definition) is 0. The quantitative estimate of drug-likeness (QED) is 0.795. The molecule has 0 aliphatic carbocycles. The molecule has 0 unspecified atom stereocenters. The van der Waals surface area contributed by atoms with E-state index in [0.717, 1.165) is 6.42 Å². The predicted molar refractivity (Wildman–Crippen MR) is 62.1 cm³/mol. The maximum Gasteiger partial charge on any atom is 0.266 e. The van der Waals surface area contributed by atoms with Gasteiger partial charge in [0.1, 0.15) is 0 Å². The second-order valence-corrected chi connectivity index (χ2v) is 4.08. The lowest BCUT2D eigenvalue weighted by Gasteiger charge is -2.03. The molecule has 1 aromatic heterocycles. The van der Waals surface area contributed by atoms with Crippen molar-refractivity contribution in [2.75, 3.05) is 0 Å². The van der Waals surface area contributed by atoms with Crippen molar-refractivity contribution in [3.63, 3.8) is 0 Å². The third-order valence-electron chi connectivity index (χ3n) is 2.62.